The first kappa shape index (κ1) is 8.84. The SMILES string of the molecule is O=c1oc2ccccc2cc1-n1nccn1. The van der Waals surface area contributed by atoms with Crippen LogP contribution < -0.4 is 5.63 Å². The second-order valence-electron chi connectivity index (χ2n) is 3.28. The fourth-order valence-corrected chi connectivity index (χ4v) is 1.53. The minimum Gasteiger partial charge on any atom is -0.421 e. The first-order chi connectivity index (χ1) is 7.84. The van der Waals surface area contributed by atoms with Crippen molar-refractivity contribution in [2.75, 3.05) is 0 Å². The number of benzene rings is 1. The molecule has 0 amide bonds. The van der Waals surface area contributed by atoms with Crippen molar-refractivity contribution in [1.82, 2.24) is 15.0 Å². The highest BCUT2D eigenvalue weighted by atomic mass is 16.4. The number of nitrogens with zero attached hydrogens (tertiary/aromatic N) is 3. The van der Waals surface area contributed by atoms with E-state index in [1.165, 1.54) is 17.2 Å². The summed E-state index contributed by atoms with van der Waals surface area (Å²) in [4.78, 5) is 12.9. The van der Waals surface area contributed by atoms with E-state index < -0.39 is 5.63 Å². The second-order valence-corrected chi connectivity index (χ2v) is 3.28. The van der Waals surface area contributed by atoms with Gasteiger partial charge in [0, 0.05) is 5.39 Å². The summed E-state index contributed by atoms with van der Waals surface area (Å²) in [6.07, 6.45) is 3.02. The molecular weight excluding hydrogens is 206 g/mol. The summed E-state index contributed by atoms with van der Waals surface area (Å²) < 4.78 is 5.16. The van der Waals surface area contributed by atoms with E-state index in [0.29, 0.717) is 11.3 Å². The molecule has 0 aliphatic rings. The van der Waals surface area contributed by atoms with Gasteiger partial charge >= 0.3 is 5.63 Å². The zero-order valence-electron chi connectivity index (χ0n) is 8.20. The van der Waals surface area contributed by atoms with Gasteiger partial charge in [0.2, 0.25) is 0 Å². The molecule has 2 aromatic heterocycles. The number of fused-ring (bicyclic) bond motifs is 1. The van der Waals surface area contributed by atoms with Crippen molar-refractivity contribution in [3.05, 3.63) is 53.1 Å². The lowest BCUT2D eigenvalue weighted by Gasteiger charge is -1.99. The summed E-state index contributed by atoms with van der Waals surface area (Å²) >= 11 is 0. The van der Waals surface area contributed by atoms with E-state index in [1.54, 1.807) is 12.1 Å². The van der Waals surface area contributed by atoms with Crippen molar-refractivity contribution in [2.45, 2.75) is 0 Å². The molecule has 2 heterocycles. The number of hydrogen-bond donors (Lipinski definition) is 0. The summed E-state index contributed by atoms with van der Waals surface area (Å²) in [7, 11) is 0. The average molecular weight is 213 g/mol. The standard InChI is InChI=1S/C11H7N3O2/c15-11-9(14-12-5-6-13-14)7-8-3-1-2-4-10(8)16-11/h1-7H. The van der Waals surface area contributed by atoms with Gasteiger partial charge in [-0.15, -0.1) is 4.80 Å². The zero-order chi connectivity index (χ0) is 11.0. The summed E-state index contributed by atoms with van der Waals surface area (Å²) in [5.41, 5.74) is 0.419. The first-order valence-corrected chi connectivity index (χ1v) is 4.74. The van der Waals surface area contributed by atoms with Crippen molar-refractivity contribution in [1.29, 1.82) is 0 Å². The molecule has 1 aromatic carbocycles. The molecule has 0 aliphatic heterocycles. The van der Waals surface area contributed by atoms with E-state index in [2.05, 4.69) is 10.2 Å². The van der Waals surface area contributed by atoms with Crippen LogP contribution in [0, 0.1) is 0 Å². The summed E-state index contributed by atoms with van der Waals surface area (Å²) in [5, 5.41) is 8.64. The Balaban J connectivity index is 2.34. The minimum absolute atomic E-state index is 0.309. The summed E-state index contributed by atoms with van der Waals surface area (Å²) in [5.74, 6) is 0. The molecule has 0 unspecified atom stereocenters. The van der Waals surface area contributed by atoms with Crippen LogP contribution in [0.15, 0.2) is 51.9 Å². The van der Waals surface area contributed by atoms with Gasteiger partial charge in [-0.3, -0.25) is 0 Å². The summed E-state index contributed by atoms with van der Waals surface area (Å²) in [6, 6.07) is 9.02. The Kier molecular flexibility index (Phi) is 1.83. The Morgan fingerprint density at radius 2 is 1.88 bits per heavy atom. The molecule has 16 heavy (non-hydrogen) atoms. The number of hydrogen-bond acceptors (Lipinski definition) is 4. The molecule has 0 saturated heterocycles. The molecule has 0 saturated carbocycles. The van der Waals surface area contributed by atoms with E-state index in [1.807, 2.05) is 18.2 Å². The highest BCUT2D eigenvalue weighted by molar-refractivity contribution is 5.77. The highest BCUT2D eigenvalue weighted by Gasteiger charge is 2.07. The molecule has 5 heteroatoms. The Bertz CT molecular complexity index is 686. The van der Waals surface area contributed by atoms with Gasteiger partial charge in [-0.1, -0.05) is 18.2 Å². The third-order valence-corrected chi connectivity index (χ3v) is 2.26. The van der Waals surface area contributed by atoms with Crippen LogP contribution in [0.4, 0.5) is 0 Å². The first-order valence-electron chi connectivity index (χ1n) is 4.74. The molecule has 0 radical (unpaired) electrons. The van der Waals surface area contributed by atoms with E-state index in [-0.39, 0.29) is 0 Å². The van der Waals surface area contributed by atoms with Crippen molar-refractivity contribution in [3.8, 4) is 5.69 Å². The van der Waals surface area contributed by atoms with Crippen LogP contribution in [-0.4, -0.2) is 15.0 Å². The topological polar surface area (TPSA) is 60.9 Å². The zero-order valence-corrected chi connectivity index (χ0v) is 8.20. The van der Waals surface area contributed by atoms with Gasteiger partial charge < -0.3 is 4.42 Å². The Labute approximate surface area is 89.9 Å². The van der Waals surface area contributed by atoms with Gasteiger partial charge in [0.15, 0.2) is 5.69 Å². The lowest BCUT2D eigenvalue weighted by molar-refractivity contribution is 0.545. The third-order valence-electron chi connectivity index (χ3n) is 2.26. The van der Waals surface area contributed by atoms with Crippen LogP contribution >= 0.6 is 0 Å². The lowest BCUT2D eigenvalue weighted by atomic mass is 10.2. The molecule has 3 aromatic rings. The molecule has 0 fully saturated rings. The maximum Gasteiger partial charge on any atom is 0.364 e. The molecule has 78 valence electrons. The van der Waals surface area contributed by atoms with E-state index in [9.17, 15) is 4.79 Å². The van der Waals surface area contributed by atoms with Crippen molar-refractivity contribution < 1.29 is 4.42 Å². The smallest absolute Gasteiger partial charge is 0.364 e. The monoisotopic (exact) mass is 213 g/mol. The molecular formula is C11H7N3O2. The van der Waals surface area contributed by atoms with Gasteiger partial charge in [-0.25, -0.2) is 4.79 Å². The van der Waals surface area contributed by atoms with E-state index >= 15 is 0 Å². The third kappa shape index (κ3) is 1.30. The van der Waals surface area contributed by atoms with Crippen LogP contribution in [0.3, 0.4) is 0 Å². The maximum absolute atomic E-state index is 11.7. The predicted octanol–water partition coefficient (Wildman–Crippen LogP) is 1.37. The molecule has 0 spiro atoms. The van der Waals surface area contributed by atoms with Crippen molar-refractivity contribution in [2.24, 2.45) is 0 Å². The molecule has 0 bridgehead atoms. The van der Waals surface area contributed by atoms with Crippen molar-refractivity contribution >= 4 is 11.0 Å². The fourth-order valence-electron chi connectivity index (χ4n) is 1.53. The normalized spacial score (nSPS) is 10.8. The Hall–Kier alpha value is -2.43. The molecule has 0 atom stereocenters. The van der Waals surface area contributed by atoms with Gasteiger partial charge in [0.05, 0.1) is 12.4 Å². The van der Waals surface area contributed by atoms with E-state index in [4.69, 9.17) is 4.42 Å². The number of rotatable bonds is 1. The van der Waals surface area contributed by atoms with Gasteiger partial charge in [-0.2, -0.15) is 10.2 Å². The maximum atomic E-state index is 11.7. The molecule has 5 nitrogen and oxygen atoms in total. The van der Waals surface area contributed by atoms with Crippen LogP contribution in [0.1, 0.15) is 0 Å². The quantitative estimate of drug-likeness (QED) is 0.573. The Morgan fingerprint density at radius 3 is 2.69 bits per heavy atom. The van der Waals surface area contributed by atoms with E-state index in [0.717, 1.165) is 5.39 Å². The van der Waals surface area contributed by atoms with Gasteiger partial charge in [-0.05, 0) is 12.1 Å². The largest absolute Gasteiger partial charge is 0.421 e. The molecule has 0 aliphatic carbocycles. The van der Waals surface area contributed by atoms with Crippen LogP contribution in [0.5, 0.6) is 0 Å². The van der Waals surface area contributed by atoms with Gasteiger partial charge in [0.25, 0.3) is 0 Å². The summed E-state index contributed by atoms with van der Waals surface area (Å²) in [6.45, 7) is 0. The Morgan fingerprint density at radius 1 is 1.12 bits per heavy atom. The van der Waals surface area contributed by atoms with Gasteiger partial charge in [0.1, 0.15) is 5.58 Å². The minimum atomic E-state index is -0.449. The number of aromatic nitrogens is 3. The van der Waals surface area contributed by atoms with Crippen molar-refractivity contribution in [3.63, 3.8) is 0 Å². The average Bonchev–Trinajstić information content (AvgIpc) is 2.81. The fraction of sp³-hybridized carbons (Fsp3) is 0. The van der Waals surface area contributed by atoms with Crippen LogP contribution in [-0.2, 0) is 0 Å². The molecule has 0 N–H and O–H groups in total. The highest BCUT2D eigenvalue weighted by Crippen LogP contribution is 2.13. The molecule has 3 rings (SSSR count). The number of para-hydroxylation sites is 1. The van der Waals surface area contributed by atoms with Crippen LogP contribution in [0.2, 0.25) is 0 Å². The lowest BCUT2D eigenvalue weighted by Crippen LogP contribution is -2.12. The van der Waals surface area contributed by atoms with Crippen LogP contribution in [0.25, 0.3) is 16.7 Å². The predicted molar refractivity (Wildman–Crippen MR) is 57.4 cm³/mol. The second kappa shape index (κ2) is 3.30.